The van der Waals surface area contributed by atoms with Gasteiger partial charge < -0.3 is 9.84 Å². The van der Waals surface area contributed by atoms with Crippen molar-refractivity contribution >= 4 is 28.6 Å². The zero-order valence-electron chi connectivity index (χ0n) is 9.47. The van der Waals surface area contributed by atoms with E-state index >= 15 is 0 Å². The van der Waals surface area contributed by atoms with Crippen molar-refractivity contribution < 1.29 is 14.6 Å². The monoisotopic (exact) mass is 354 g/mol. The molecule has 2 rings (SSSR count). The van der Waals surface area contributed by atoms with Crippen molar-refractivity contribution in [2.24, 2.45) is 0 Å². The summed E-state index contributed by atoms with van der Waals surface area (Å²) in [6, 6.07) is 14.9. The van der Waals surface area contributed by atoms with Crippen LogP contribution in [-0.4, -0.2) is 11.1 Å². The largest absolute Gasteiger partial charge is 0.488 e. The van der Waals surface area contributed by atoms with E-state index in [9.17, 15) is 4.79 Å². The van der Waals surface area contributed by atoms with Gasteiger partial charge in [0, 0.05) is 3.57 Å². The minimum atomic E-state index is -0.969. The van der Waals surface area contributed by atoms with Gasteiger partial charge in [0.15, 0.2) is 0 Å². The topological polar surface area (TPSA) is 46.5 Å². The van der Waals surface area contributed by atoms with E-state index in [0.717, 1.165) is 5.56 Å². The first-order chi connectivity index (χ1) is 8.68. The maximum absolute atomic E-state index is 11.2. The summed E-state index contributed by atoms with van der Waals surface area (Å²) in [5.74, 6) is -0.568. The Kier molecular flexibility index (Phi) is 4.19. The summed E-state index contributed by atoms with van der Waals surface area (Å²) >= 11 is 1.99. The molecule has 0 radical (unpaired) electrons. The van der Waals surface area contributed by atoms with E-state index in [1.807, 2.05) is 52.9 Å². The van der Waals surface area contributed by atoms with Crippen LogP contribution >= 0.6 is 22.6 Å². The van der Waals surface area contributed by atoms with Crippen LogP contribution in [0.5, 0.6) is 5.75 Å². The van der Waals surface area contributed by atoms with Gasteiger partial charge in [0.1, 0.15) is 17.9 Å². The van der Waals surface area contributed by atoms with E-state index in [1.165, 1.54) is 0 Å². The van der Waals surface area contributed by atoms with Crippen molar-refractivity contribution in [3.8, 4) is 5.75 Å². The highest BCUT2D eigenvalue weighted by molar-refractivity contribution is 14.1. The SMILES string of the molecule is O=C(O)c1c(I)cccc1OCc1ccccc1. The predicted molar refractivity (Wildman–Crippen MR) is 76.9 cm³/mol. The number of carboxylic acid groups (broad SMARTS) is 1. The van der Waals surface area contributed by atoms with Crippen LogP contribution in [0.25, 0.3) is 0 Å². The molecule has 4 heteroatoms. The smallest absolute Gasteiger partial charge is 0.340 e. The molecular formula is C14H11IO3. The van der Waals surface area contributed by atoms with Gasteiger partial charge in [-0.15, -0.1) is 0 Å². The Balaban J connectivity index is 2.20. The minimum Gasteiger partial charge on any atom is -0.488 e. The van der Waals surface area contributed by atoms with Gasteiger partial charge in [-0.3, -0.25) is 0 Å². The highest BCUT2D eigenvalue weighted by atomic mass is 127. The molecule has 0 spiro atoms. The number of halogens is 1. The molecule has 0 saturated carbocycles. The highest BCUT2D eigenvalue weighted by Crippen LogP contribution is 2.24. The van der Waals surface area contributed by atoms with Crippen molar-refractivity contribution in [3.05, 3.63) is 63.2 Å². The van der Waals surface area contributed by atoms with E-state index < -0.39 is 5.97 Å². The summed E-state index contributed by atoms with van der Waals surface area (Å²) in [6.07, 6.45) is 0. The number of carbonyl (C=O) groups is 1. The number of hydrogen-bond acceptors (Lipinski definition) is 2. The van der Waals surface area contributed by atoms with Crippen LogP contribution in [-0.2, 0) is 6.61 Å². The first-order valence-electron chi connectivity index (χ1n) is 5.37. The number of ether oxygens (including phenoxy) is 1. The molecule has 0 aromatic heterocycles. The van der Waals surface area contributed by atoms with Crippen molar-refractivity contribution in [3.63, 3.8) is 0 Å². The molecule has 1 N–H and O–H groups in total. The summed E-state index contributed by atoms with van der Waals surface area (Å²) in [5.41, 5.74) is 1.22. The first-order valence-corrected chi connectivity index (χ1v) is 6.45. The minimum absolute atomic E-state index is 0.217. The molecule has 0 unspecified atom stereocenters. The van der Waals surface area contributed by atoms with Gasteiger partial charge in [0.25, 0.3) is 0 Å². The van der Waals surface area contributed by atoms with Crippen molar-refractivity contribution in [1.82, 2.24) is 0 Å². The van der Waals surface area contributed by atoms with Crippen LogP contribution in [0.3, 0.4) is 0 Å². The molecule has 2 aromatic carbocycles. The van der Waals surface area contributed by atoms with Crippen LogP contribution in [0.1, 0.15) is 15.9 Å². The molecule has 0 aliphatic heterocycles. The molecule has 0 atom stereocenters. The number of rotatable bonds is 4. The Morgan fingerprint density at radius 1 is 1.11 bits per heavy atom. The second-order valence-electron chi connectivity index (χ2n) is 3.69. The first kappa shape index (κ1) is 12.9. The summed E-state index contributed by atoms with van der Waals surface area (Å²) in [6.45, 7) is 0.362. The lowest BCUT2D eigenvalue weighted by Gasteiger charge is -2.10. The number of hydrogen-bond donors (Lipinski definition) is 1. The van der Waals surface area contributed by atoms with Crippen LogP contribution in [0.15, 0.2) is 48.5 Å². The van der Waals surface area contributed by atoms with Gasteiger partial charge in [-0.05, 0) is 40.3 Å². The molecule has 0 bridgehead atoms. The zero-order chi connectivity index (χ0) is 13.0. The Bertz CT molecular complexity index is 552. The lowest BCUT2D eigenvalue weighted by molar-refractivity contribution is 0.0690. The summed E-state index contributed by atoms with van der Waals surface area (Å²) in [5, 5.41) is 9.16. The molecule has 18 heavy (non-hydrogen) atoms. The molecule has 0 heterocycles. The van der Waals surface area contributed by atoms with Crippen LogP contribution in [0.2, 0.25) is 0 Å². The predicted octanol–water partition coefficient (Wildman–Crippen LogP) is 3.57. The van der Waals surface area contributed by atoms with Crippen molar-refractivity contribution in [2.45, 2.75) is 6.61 Å². The van der Waals surface area contributed by atoms with Crippen LogP contribution < -0.4 is 4.74 Å². The number of aromatic carboxylic acids is 1. The van der Waals surface area contributed by atoms with Crippen molar-refractivity contribution in [2.75, 3.05) is 0 Å². The Labute approximate surface area is 119 Å². The van der Waals surface area contributed by atoms with E-state index in [4.69, 9.17) is 9.84 Å². The van der Waals surface area contributed by atoms with Crippen LogP contribution in [0, 0.1) is 3.57 Å². The maximum Gasteiger partial charge on any atom is 0.340 e. The van der Waals surface area contributed by atoms with Gasteiger partial charge in [-0.1, -0.05) is 36.4 Å². The third-order valence-corrected chi connectivity index (χ3v) is 3.33. The fourth-order valence-electron chi connectivity index (χ4n) is 1.57. The summed E-state index contributed by atoms with van der Waals surface area (Å²) in [7, 11) is 0. The average Bonchev–Trinajstić information content (AvgIpc) is 2.37. The standard InChI is InChI=1S/C14H11IO3/c15-11-7-4-8-12(13(11)14(16)17)18-9-10-5-2-1-3-6-10/h1-8H,9H2,(H,16,17). The third kappa shape index (κ3) is 3.01. The Hall–Kier alpha value is -1.56. The lowest BCUT2D eigenvalue weighted by Crippen LogP contribution is -2.05. The van der Waals surface area contributed by atoms with Crippen LogP contribution in [0.4, 0.5) is 0 Å². The van der Waals surface area contributed by atoms with Gasteiger partial charge in [0.2, 0.25) is 0 Å². The Morgan fingerprint density at radius 3 is 2.50 bits per heavy atom. The Morgan fingerprint density at radius 2 is 1.83 bits per heavy atom. The third-order valence-electron chi connectivity index (χ3n) is 2.43. The molecular weight excluding hydrogens is 343 g/mol. The number of carboxylic acids is 1. The quantitative estimate of drug-likeness (QED) is 0.854. The molecule has 2 aromatic rings. The van der Waals surface area contributed by atoms with E-state index in [1.54, 1.807) is 18.2 Å². The fraction of sp³-hybridized carbons (Fsp3) is 0.0714. The second-order valence-corrected chi connectivity index (χ2v) is 4.85. The summed E-state index contributed by atoms with van der Waals surface area (Å²) in [4.78, 5) is 11.2. The summed E-state index contributed by atoms with van der Waals surface area (Å²) < 4.78 is 6.25. The molecule has 0 fully saturated rings. The fourth-order valence-corrected chi connectivity index (χ4v) is 2.27. The number of benzene rings is 2. The van der Waals surface area contributed by atoms with E-state index in [-0.39, 0.29) is 5.56 Å². The highest BCUT2D eigenvalue weighted by Gasteiger charge is 2.14. The van der Waals surface area contributed by atoms with Gasteiger partial charge in [-0.25, -0.2) is 4.79 Å². The molecule has 0 aliphatic carbocycles. The van der Waals surface area contributed by atoms with E-state index in [0.29, 0.717) is 15.9 Å². The molecule has 0 aliphatic rings. The maximum atomic E-state index is 11.2. The van der Waals surface area contributed by atoms with Crippen molar-refractivity contribution in [1.29, 1.82) is 0 Å². The normalized spacial score (nSPS) is 10.1. The average molecular weight is 354 g/mol. The molecule has 0 saturated heterocycles. The lowest BCUT2D eigenvalue weighted by atomic mass is 10.2. The molecule has 3 nitrogen and oxygen atoms in total. The van der Waals surface area contributed by atoms with E-state index in [2.05, 4.69) is 0 Å². The van der Waals surface area contributed by atoms with Gasteiger partial charge in [-0.2, -0.15) is 0 Å². The molecule has 0 amide bonds. The van der Waals surface area contributed by atoms with Gasteiger partial charge in [0.05, 0.1) is 0 Å². The zero-order valence-corrected chi connectivity index (χ0v) is 11.6. The molecule has 92 valence electrons. The van der Waals surface area contributed by atoms with Gasteiger partial charge >= 0.3 is 5.97 Å². The second kappa shape index (κ2) is 5.86.